The van der Waals surface area contributed by atoms with Crippen LogP contribution in [0.25, 0.3) is 5.69 Å². The lowest BCUT2D eigenvalue weighted by molar-refractivity contribution is -0.143. The average molecular weight is 413 g/mol. The number of benzene rings is 1. The second-order valence-corrected chi connectivity index (χ2v) is 7.00. The van der Waals surface area contributed by atoms with Crippen molar-refractivity contribution in [1.82, 2.24) is 24.8 Å². The zero-order valence-electron chi connectivity index (χ0n) is 15.8. The van der Waals surface area contributed by atoms with Crippen molar-refractivity contribution >= 4 is 11.8 Å². The fourth-order valence-electron chi connectivity index (χ4n) is 3.35. The average Bonchev–Trinajstić information content (AvgIpc) is 3.12. The second kappa shape index (κ2) is 7.80. The Morgan fingerprint density at radius 3 is 2.59 bits per heavy atom. The van der Waals surface area contributed by atoms with Crippen molar-refractivity contribution in [3.8, 4) is 5.69 Å². The van der Waals surface area contributed by atoms with E-state index in [1.807, 2.05) is 0 Å². The third kappa shape index (κ3) is 4.22. The molecule has 1 atom stereocenters. The lowest BCUT2D eigenvalue weighted by Crippen LogP contribution is -2.45. The van der Waals surface area contributed by atoms with Gasteiger partial charge in [0, 0.05) is 27.2 Å². The molecule has 11 heteroatoms. The lowest BCUT2D eigenvalue weighted by atomic mass is 9.96. The number of amides is 2. The molecule has 1 saturated heterocycles. The predicted octanol–water partition coefficient (Wildman–Crippen LogP) is 2.37. The summed E-state index contributed by atoms with van der Waals surface area (Å²) in [6.45, 7) is 0.208. The maximum atomic E-state index is 13.7. The molecular weight excluding hydrogens is 394 g/mol. The number of alkyl halides is 3. The van der Waals surface area contributed by atoms with Crippen LogP contribution in [0.2, 0.25) is 0 Å². The van der Waals surface area contributed by atoms with Gasteiger partial charge >= 0.3 is 6.18 Å². The Morgan fingerprint density at radius 1 is 1.24 bits per heavy atom. The minimum atomic E-state index is -4.95. The van der Waals surface area contributed by atoms with Gasteiger partial charge in [0.2, 0.25) is 5.91 Å². The summed E-state index contributed by atoms with van der Waals surface area (Å²) in [5.74, 6) is -2.39. The molecule has 1 unspecified atom stereocenters. The van der Waals surface area contributed by atoms with E-state index < -0.39 is 35.2 Å². The van der Waals surface area contributed by atoms with E-state index in [4.69, 9.17) is 0 Å². The highest BCUT2D eigenvalue weighted by Crippen LogP contribution is 2.34. The molecule has 0 bridgehead atoms. The Balaban J connectivity index is 1.96. The maximum absolute atomic E-state index is 13.7. The van der Waals surface area contributed by atoms with Crippen LogP contribution in [0.5, 0.6) is 0 Å². The van der Waals surface area contributed by atoms with Crippen LogP contribution in [0.3, 0.4) is 0 Å². The van der Waals surface area contributed by atoms with Gasteiger partial charge in [0.25, 0.3) is 5.91 Å². The Labute approximate surface area is 163 Å². The Hall–Kier alpha value is -2.98. The van der Waals surface area contributed by atoms with Gasteiger partial charge in [-0.1, -0.05) is 11.3 Å². The fourth-order valence-corrected chi connectivity index (χ4v) is 3.35. The molecule has 1 aliphatic heterocycles. The van der Waals surface area contributed by atoms with Crippen LogP contribution in [0.15, 0.2) is 24.3 Å². The van der Waals surface area contributed by atoms with Crippen molar-refractivity contribution in [2.45, 2.75) is 19.0 Å². The summed E-state index contributed by atoms with van der Waals surface area (Å²) in [7, 11) is 3.16. The molecule has 3 rings (SSSR count). The first-order chi connectivity index (χ1) is 13.6. The highest BCUT2D eigenvalue weighted by atomic mass is 19.4. The van der Waals surface area contributed by atoms with E-state index in [2.05, 4.69) is 10.3 Å². The van der Waals surface area contributed by atoms with Crippen molar-refractivity contribution in [3.05, 3.63) is 41.5 Å². The molecular formula is C18H19F4N5O2. The molecule has 0 radical (unpaired) electrons. The molecule has 29 heavy (non-hydrogen) atoms. The number of aromatic nitrogens is 3. The number of hydrogen-bond donors (Lipinski definition) is 0. The summed E-state index contributed by atoms with van der Waals surface area (Å²) in [6.07, 6.45) is -3.92. The van der Waals surface area contributed by atoms with Crippen LogP contribution in [0, 0.1) is 11.7 Å². The number of carbonyl (C=O) groups is 2. The van der Waals surface area contributed by atoms with Crippen LogP contribution in [0.1, 0.15) is 29.0 Å². The summed E-state index contributed by atoms with van der Waals surface area (Å²) in [4.78, 5) is 27.6. The largest absolute Gasteiger partial charge is 0.435 e. The van der Waals surface area contributed by atoms with E-state index in [9.17, 15) is 27.2 Å². The molecule has 156 valence electrons. The molecule has 2 amide bonds. The first-order valence-corrected chi connectivity index (χ1v) is 8.89. The first-order valence-electron chi connectivity index (χ1n) is 8.89. The minimum absolute atomic E-state index is 0.0000308. The third-order valence-electron chi connectivity index (χ3n) is 4.69. The van der Waals surface area contributed by atoms with E-state index >= 15 is 0 Å². The summed E-state index contributed by atoms with van der Waals surface area (Å²) < 4.78 is 55.1. The van der Waals surface area contributed by atoms with Crippen molar-refractivity contribution < 1.29 is 27.2 Å². The molecule has 1 aliphatic rings. The van der Waals surface area contributed by atoms with Gasteiger partial charge in [0.15, 0.2) is 11.4 Å². The van der Waals surface area contributed by atoms with Gasteiger partial charge in [-0.05, 0) is 31.0 Å². The molecule has 0 N–H and O–H groups in total. The molecule has 2 aromatic rings. The van der Waals surface area contributed by atoms with Crippen LogP contribution in [0.4, 0.5) is 17.6 Å². The van der Waals surface area contributed by atoms with Gasteiger partial charge in [-0.2, -0.15) is 13.2 Å². The number of nitrogens with zero attached hydrogens (tertiary/aromatic N) is 5. The normalized spacial score (nSPS) is 17.3. The zero-order chi connectivity index (χ0) is 21.3. The number of hydrogen-bond acceptors (Lipinski definition) is 4. The van der Waals surface area contributed by atoms with Gasteiger partial charge in [0.05, 0.1) is 11.6 Å². The summed E-state index contributed by atoms with van der Waals surface area (Å²) >= 11 is 0. The van der Waals surface area contributed by atoms with Crippen molar-refractivity contribution in [3.63, 3.8) is 0 Å². The number of carbonyl (C=O) groups excluding carboxylic acids is 2. The topological polar surface area (TPSA) is 71.3 Å². The summed E-state index contributed by atoms with van der Waals surface area (Å²) in [5, 5.41) is 6.90. The first kappa shape index (κ1) is 20.7. The summed E-state index contributed by atoms with van der Waals surface area (Å²) in [6, 6.07) is 4.41. The third-order valence-corrected chi connectivity index (χ3v) is 4.69. The highest BCUT2D eigenvalue weighted by Gasteiger charge is 2.43. The minimum Gasteiger partial charge on any atom is -0.349 e. The molecule has 0 aliphatic carbocycles. The maximum Gasteiger partial charge on any atom is 0.435 e. The Kier molecular flexibility index (Phi) is 5.58. The van der Waals surface area contributed by atoms with Crippen molar-refractivity contribution in [2.24, 2.45) is 5.92 Å². The van der Waals surface area contributed by atoms with E-state index in [0.717, 1.165) is 12.1 Å². The van der Waals surface area contributed by atoms with E-state index in [-0.39, 0.29) is 24.7 Å². The quantitative estimate of drug-likeness (QED) is 0.725. The van der Waals surface area contributed by atoms with Crippen molar-refractivity contribution in [1.29, 1.82) is 0 Å². The van der Waals surface area contributed by atoms with E-state index in [1.54, 1.807) is 14.1 Å². The van der Waals surface area contributed by atoms with Gasteiger partial charge in [-0.15, -0.1) is 5.10 Å². The Morgan fingerprint density at radius 2 is 1.97 bits per heavy atom. The molecule has 0 spiro atoms. The smallest absolute Gasteiger partial charge is 0.349 e. The summed E-state index contributed by atoms with van der Waals surface area (Å²) in [5.41, 5.74) is -2.46. The molecule has 0 saturated carbocycles. The zero-order valence-corrected chi connectivity index (χ0v) is 15.8. The van der Waals surface area contributed by atoms with Gasteiger partial charge in [0.1, 0.15) is 5.82 Å². The number of piperidine rings is 1. The molecule has 1 fully saturated rings. The number of halogens is 4. The second-order valence-electron chi connectivity index (χ2n) is 7.00. The monoisotopic (exact) mass is 413 g/mol. The van der Waals surface area contributed by atoms with Crippen LogP contribution < -0.4 is 0 Å². The van der Waals surface area contributed by atoms with Gasteiger partial charge in [-0.3, -0.25) is 9.59 Å². The van der Waals surface area contributed by atoms with Crippen LogP contribution in [-0.4, -0.2) is 63.8 Å². The lowest BCUT2D eigenvalue weighted by Gasteiger charge is -2.33. The highest BCUT2D eigenvalue weighted by molar-refractivity contribution is 5.94. The van der Waals surface area contributed by atoms with E-state index in [1.165, 1.54) is 21.9 Å². The van der Waals surface area contributed by atoms with Gasteiger partial charge < -0.3 is 9.80 Å². The Bertz CT molecular complexity index is 925. The predicted molar refractivity (Wildman–Crippen MR) is 93.6 cm³/mol. The molecule has 1 aromatic carbocycles. The fraction of sp³-hybridized carbons (Fsp3) is 0.444. The molecule has 2 heterocycles. The number of rotatable bonds is 3. The SMILES string of the molecule is CN(C)C(=O)C1CCCN(C(=O)c2nnn(-c3cccc(F)c3)c2C(F)(F)F)C1. The van der Waals surface area contributed by atoms with Crippen LogP contribution >= 0.6 is 0 Å². The van der Waals surface area contributed by atoms with Crippen molar-refractivity contribution in [2.75, 3.05) is 27.2 Å². The standard InChI is InChI=1S/C18H19F4N5O2/c1-25(2)16(28)11-5-4-8-26(10-11)17(29)14-15(18(20,21)22)27(24-23-14)13-7-3-6-12(19)9-13/h3,6-7,9,11H,4-5,8,10H2,1-2H3. The molecule has 7 nitrogen and oxygen atoms in total. The van der Waals surface area contributed by atoms with E-state index in [0.29, 0.717) is 17.5 Å². The molecule has 1 aromatic heterocycles. The van der Waals surface area contributed by atoms with Crippen LogP contribution in [-0.2, 0) is 11.0 Å². The number of likely N-dealkylation sites (tertiary alicyclic amines) is 1. The van der Waals surface area contributed by atoms with Gasteiger partial charge in [-0.25, -0.2) is 9.07 Å².